The van der Waals surface area contributed by atoms with Crippen molar-refractivity contribution in [3.05, 3.63) is 71.0 Å². The zero-order chi connectivity index (χ0) is 14.3. The van der Waals surface area contributed by atoms with Crippen LogP contribution < -0.4 is 0 Å². The molecular weight excluding hydrogens is 265 g/mol. The molecule has 1 aliphatic carbocycles. The van der Waals surface area contributed by atoms with Gasteiger partial charge in [-0.2, -0.15) is 0 Å². The van der Waals surface area contributed by atoms with Crippen molar-refractivity contribution >= 4 is 0 Å². The number of aliphatic hydroxyl groups is 1. The Morgan fingerprint density at radius 1 is 0.900 bits per heavy atom. The first kappa shape index (κ1) is 13.2. The van der Waals surface area contributed by atoms with E-state index >= 15 is 0 Å². The van der Waals surface area contributed by atoms with Crippen LogP contribution in [0.2, 0.25) is 0 Å². The van der Waals surface area contributed by atoms with Crippen molar-refractivity contribution in [2.24, 2.45) is 0 Å². The zero-order valence-electron chi connectivity index (χ0n) is 10.6. The fourth-order valence-corrected chi connectivity index (χ4v) is 2.67. The van der Waals surface area contributed by atoms with Gasteiger partial charge in [-0.3, -0.25) is 0 Å². The van der Waals surface area contributed by atoms with Crippen LogP contribution in [0.4, 0.5) is 13.2 Å². The van der Waals surface area contributed by atoms with E-state index in [1.807, 2.05) is 30.3 Å². The number of hydrogen-bond donors (Lipinski definition) is 1. The van der Waals surface area contributed by atoms with Gasteiger partial charge in [0.2, 0.25) is 0 Å². The maximum atomic E-state index is 13.8. The first-order valence-corrected chi connectivity index (χ1v) is 6.42. The van der Waals surface area contributed by atoms with Gasteiger partial charge in [0.25, 0.3) is 0 Å². The van der Waals surface area contributed by atoms with Gasteiger partial charge in [0, 0.05) is 17.0 Å². The second-order valence-electron chi connectivity index (χ2n) is 5.21. The summed E-state index contributed by atoms with van der Waals surface area (Å²) in [6.07, 6.45) is 0.202. The van der Waals surface area contributed by atoms with E-state index in [0.717, 1.165) is 11.6 Å². The molecule has 104 valence electrons. The number of rotatable bonds is 3. The minimum Gasteiger partial charge on any atom is -0.387 e. The predicted molar refractivity (Wildman–Crippen MR) is 68.6 cm³/mol. The molecule has 1 N–H and O–H groups in total. The molecule has 1 fully saturated rings. The largest absolute Gasteiger partial charge is 0.387 e. The second kappa shape index (κ2) is 4.63. The highest BCUT2D eigenvalue weighted by Gasteiger charge is 2.51. The van der Waals surface area contributed by atoms with Crippen LogP contribution in [-0.4, -0.2) is 5.11 Å². The SMILES string of the molecule is OC(c1cc(F)c(F)cc1F)C1(c2ccccc2)CC1. The third-order valence-corrected chi connectivity index (χ3v) is 3.99. The summed E-state index contributed by atoms with van der Waals surface area (Å²) in [4.78, 5) is 0. The second-order valence-corrected chi connectivity index (χ2v) is 5.21. The summed E-state index contributed by atoms with van der Waals surface area (Å²) in [6, 6.07) is 10.5. The lowest BCUT2D eigenvalue weighted by Gasteiger charge is -2.23. The van der Waals surface area contributed by atoms with Crippen molar-refractivity contribution in [1.82, 2.24) is 0 Å². The van der Waals surface area contributed by atoms with Crippen molar-refractivity contribution in [2.75, 3.05) is 0 Å². The van der Waals surface area contributed by atoms with Crippen LogP contribution in [0.3, 0.4) is 0 Å². The van der Waals surface area contributed by atoms with E-state index in [1.165, 1.54) is 0 Å². The monoisotopic (exact) mass is 278 g/mol. The molecule has 0 bridgehead atoms. The summed E-state index contributed by atoms with van der Waals surface area (Å²) < 4.78 is 40.0. The van der Waals surface area contributed by atoms with Crippen molar-refractivity contribution in [1.29, 1.82) is 0 Å². The van der Waals surface area contributed by atoms with Crippen molar-refractivity contribution in [3.8, 4) is 0 Å². The van der Waals surface area contributed by atoms with Crippen LogP contribution in [0.5, 0.6) is 0 Å². The topological polar surface area (TPSA) is 20.2 Å². The molecule has 0 aliphatic heterocycles. The standard InChI is InChI=1S/C16H13F3O/c17-12-9-14(19)13(18)8-11(12)15(20)16(6-7-16)10-4-2-1-3-5-10/h1-5,8-9,15,20H,6-7H2. The van der Waals surface area contributed by atoms with Crippen molar-refractivity contribution in [3.63, 3.8) is 0 Å². The highest BCUT2D eigenvalue weighted by atomic mass is 19.2. The Hall–Kier alpha value is -1.81. The molecular formula is C16H13F3O. The highest BCUT2D eigenvalue weighted by Crippen LogP contribution is 2.56. The lowest BCUT2D eigenvalue weighted by molar-refractivity contribution is 0.128. The minimum absolute atomic E-state index is 0.190. The normalized spacial score (nSPS) is 17.8. The lowest BCUT2D eigenvalue weighted by atomic mass is 9.86. The van der Waals surface area contributed by atoms with Gasteiger partial charge in [-0.25, -0.2) is 13.2 Å². The molecule has 1 aliphatic rings. The third-order valence-electron chi connectivity index (χ3n) is 3.99. The molecule has 1 saturated carbocycles. The Kier molecular flexibility index (Phi) is 3.05. The smallest absolute Gasteiger partial charge is 0.161 e. The van der Waals surface area contributed by atoms with Gasteiger partial charge >= 0.3 is 0 Å². The summed E-state index contributed by atoms with van der Waals surface area (Å²) in [7, 11) is 0. The lowest BCUT2D eigenvalue weighted by Crippen LogP contribution is -2.20. The number of aliphatic hydroxyl groups excluding tert-OH is 1. The van der Waals surface area contributed by atoms with E-state index in [9.17, 15) is 18.3 Å². The molecule has 3 rings (SSSR count). The summed E-state index contributed by atoms with van der Waals surface area (Å²) in [5, 5.41) is 10.4. The molecule has 0 heterocycles. The fourth-order valence-electron chi connectivity index (χ4n) is 2.67. The highest BCUT2D eigenvalue weighted by molar-refractivity contribution is 5.37. The van der Waals surface area contributed by atoms with E-state index in [4.69, 9.17) is 0 Å². The van der Waals surface area contributed by atoms with Crippen LogP contribution >= 0.6 is 0 Å². The first-order chi connectivity index (χ1) is 9.54. The number of hydrogen-bond acceptors (Lipinski definition) is 1. The van der Waals surface area contributed by atoms with Gasteiger partial charge in [-0.05, 0) is 24.5 Å². The molecule has 1 atom stereocenters. The summed E-state index contributed by atoms with van der Waals surface area (Å²) in [5.74, 6) is -3.31. The van der Waals surface area contributed by atoms with E-state index in [-0.39, 0.29) is 5.56 Å². The Morgan fingerprint density at radius 3 is 2.10 bits per heavy atom. The van der Waals surface area contributed by atoms with Crippen LogP contribution in [0, 0.1) is 17.5 Å². The van der Waals surface area contributed by atoms with Gasteiger partial charge in [0.05, 0.1) is 6.10 Å². The van der Waals surface area contributed by atoms with Gasteiger partial charge in [-0.1, -0.05) is 30.3 Å². The van der Waals surface area contributed by atoms with Gasteiger partial charge in [0.15, 0.2) is 11.6 Å². The number of benzene rings is 2. The minimum atomic E-state index is -1.25. The van der Waals surface area contributed by atoms with Gasteiger partial charge in [0.1, 0.15) is 5.82 Å². The number of halogens is 3. The quantitative estimate of drug-likeness (QED) is 0.845. The van der Waals surface area contributed by atoms with Crippen molar-refractivity contribution < 1.29 is 18.3 Å². The summed E-state index contributed by atoms with van der Waals surface area (Å²) in [6.45, 7) is 0. The Labute approximate surface area is 114 Å². The predicted octanol–water partition coefficient (Wildman–Crippen LogP) is 3.87. The Bertz CT molecular complexity index is 636. The zero-order valence-corrected chi connectivity index (χ0v) is 10.6. The average molecular weight is 278 g/mol. The summed E-state index contributed by atoms with van der Waals surface area (Å²) >= 11 is 0. The van der Waals surface area contributed by atoms with Crippen LogP contribution in [0.1, 0.15) is 30.1 Å². The molecule has 0 spiro atoms. The van der Waals surface area contributed by atoms with E-state index in [0.29, 0.717) is 18.9 Å². The molecule has 4 heteroatoms. The van der Waals surface area contributed by atoms with E-state index in [1.54, 1.807) is 0 Å². The molecule has 0 saturated heterocycles. The molecule has 2 aromatic carbocycles. The third kappa shape index (κ3) is 2.00. The van der Waals surface area contributed by atoms with Gasteiger partial charge < -0.3 is 5.11 Å². The van der Waals surface area contributed by atoms with Gasteiger partial charge in [-0.15, -0.1) is 0 Å². The van der Waals surface area contributed by atoms with E-state index < -0.39 is 29.0 Å². The van der Waals surface area contributed by atoms with E-state index in [2.05, 4.69) is 0 Å². The fraction of sp³-hybridized carbons (Fsp3) is 0.250. The van der Waals surface area contributed by atoms with Crippen LogP contribution in [0.15, 0.2) is 42.5 Å². The molecule has 2 aromatic rings. The Balaban J connectivity index is 2.01. The maximum absolute atomic E-state index is 13.8. The molecule has 1 nitrogen and oxygen atoms in total. The maximum Gasteiger partial charge on any atom is 0.161 e. The van der Waals surface area contributed by atoms with Crippen molar-refractivity contribution in [2.45, 2.75) is 24.4 Å². The molecule has 0 radical (unpaired) electrons. The molecule has 1 unspecified atom stereocenters. The summed E-state index contributed by atoms with van der Waals surface area (Å²) in [5.41, 5.74) is 0.105. The average Bonchev–Trinajstić information content (AvgIpc) is 3.25. The Morgan fingerprint density at radius 2 is 1.50 bits per heavy atom. The van der Waals surface area contributed by atoms with Crippen LogP contribution in [-0.2, 0) is 5.41 Å². The van der Waals surface area contributed by atoms with Crippen LogP contribution in [0.25, 0.3) is 0 Å². The first-order valence-electron chi connectivity index (χ1n) is 6.42. The molecule has 0 amide bonds. The molecule has 0 aromatic heterocycles. The molecule has 20 heavy (non-hydrogen) atoms.